The molecule has 311 valence electrons. The molecule has 7 heteroatoms. The summed E-state index contributed by atoms with van der Waals surface area (Å²) < 4.78 is 3.69. The van der Waals surface area contributed by atoms with Crippen molar-refractivity contribution in [3.63, 3.8) is 0 Å². The molecular formula is C48H91GeSi6. The van der Waals surface area contributed by atoms with E-state index in [0.29, 0.717) is 28.1 Å². The van der Waals surface area contributed by atoms with Gasteiger partial charge in [0, 0.05) is 0 Å². The third-order valence-corrected chi connectivity index (χ3v) is 46.6. The summed E-state index contributed by atoms with van der Waals surface area (Å²) in [7, 11) is -9.97. The summed E-state index contributed by atoms with van der Waals surface area (Å²) in [6.45, 7) is 75.1. The summed E-state index contributed by atoms with van der Waals surface area (Å²) in [5.74, 6) is 1.45. The number of rotatable bonds is 17. The first-order valence-electron chi connectivity index (χ1n) is 21.9. The predicted molar refractivity (Wildman–Crippen MR) is 277 cm³/mol. The fourth-order valence-corrected chi connectivity index (χ4v) is 58.9. The first kappa shape index (κ1) is 50.9. The Kier molecular flexibility index (Phi) is 16.5. The summed E-state index contributed by atoms with van der Waals surface area (Å²) in [4.78, 5) is 0. The molecule has 0 amide bonds. The van der Waals surface area contributed by atoms with Gasteiger partial charge in [-0.05, 0) is 0 Å². The Morgan fingerprint density at radius 2 is 0.709 bits per heavy atom. The minimum atomic E-state index is -2.41. The van der Waals surface area contributed by atoms with Gasteiger partial charge in [0.15, 0.2) is 0 Å². The number of benzene rings is 2. The van der Waals surface area contributed by atoms with Crippen LogP contribution in [0.2, 0.25) is 123 Å². The van der Waals surface area contributed by atoms with Gasteiger partial charge >= 0.3 is 358 Å². The quantitative estimate of drug-likeness (QED) is 0.110. The van der Waals surface area contributed by atoms with Crippen molar-refractivity contribution in [2.45, 2.75) is 205 Å². The van der Waals surface area contributed by atoms with Gasteiger partial charge in [-0.3, -0.25) is 0 Å². The van der Waals surface area contributed by atoms with E-state index in [1.54, 1.807) is 21.1 Å². The van der Waals surface area contributed by atoms with Gasteiger partial charge in [-0.25, -0.2) is 0 Å². The molecule has 0 fully saturated rings. The van der Waals surface area contributed by atoms with Crippen LogP contribution in [-0.2, 0) is 0 Å². The molecule has 0 aliphatic heterocycles. The monoisotopic (exact) mass is 909 g/mol. The van der Waals surface area contributed by atoms with E-state index in [0.717, 1.165) is 10.4 Å². The van der Waals surface area contributed by atoms with Gasteiger partial charge in [0.1, 0.15) is 0 Å². The minimum absolute atomic E-state index is 0.468. The fourth-order valence-electron chi connectivity index (χ4n) is 11.4. The topological polar surface area (TPSA) is 0 Å². The molecule has 0 aliphatic rings. The van der Waals surface area contributed by atoms with Gasteiger partial charge in [0.2, 0.25) is 0 Å². The van der Waals surface area contributed by atoms with E-state index in [1.807, 2.05) is 15.5 Å². The van der Waals surface area contributed by atoms with Gasteiger partial charge in [0.05, 0.1) is 0 Å². The molecule has 2 aromatic carbocycles. The van der Waals surface area contributed by atoms with Gasteiger partial charge in [-0.15, -0.1) is 0 Å². The SMILES string of the molecule is C=C(C)C(=C)[CH2][Ge]([c]1c(C(C)C)cc(C(C)C)cc1C(C)C)[c]1c(C([Si](C)(C)C)[Si](C)(C)C)cc(C([Si](C)(C)C)[Si](C)(C)C)cc1C([Si](C)(C)C)[Si](C)(C)C. The molecule has 0 aromatic heterocycles. The standard InChI is InChI=1S/C48H91GeSi6/c1-33(2)37(9)32-49(44-40(35(5)6)28-38(34(3)4)29-41(44)36(7)8)45-42(47(52(16,17)18)53(19,20)21)30-39(46(50(10,11)12)51(13,14)15)31-43(45)48(54(22,23)24)55(25,26)27/h28-31,34-36,46-48H,1,9,32H2,2-8,10-27H3. The molecular weight excluding hydrogens is 818 g/mol. The zero-order valence-electron chi connectivity index (χ0n) is 41.4. The van der Waals surface area contributed by atoms with Crippen LogP contribution in [-0.4, -0.2) is 62.8 Å². The van der Waals surface area contributed by atoms with Gasteiger partial charge < -0.3 is 0 Å². The molecule has 0 spiro atoms. The second-order valence-electron chi connectivity index (χ2n) is 25.1. The van der Waals surface area contributed by atoms with Crippen molar-refractivity contribution in [3.8, 4) is 0 Å². The van der Waals surface area contributed by atoms with Crippen LogP contribution >= 0.6 is 0 Å². The van der Waals surface area contributed by atoms with E-state index in [9.17, 15) is 0 Å². The van der Waals surface area contributed by atoms with Crippen LogP contribution in [0.1, 0.15) is 115 Å². The summed E-state index contributed by atoms with van der Waals surface area (Å²) >= 11 is -2.41. The molecule has 2 aromatic rings. The van der Waals surface area contributed by atoms with Crippen LogP contribution < -0.4 is 8.79 Å². The molecule has 1 radical (unpaired) electrons. The van der Waals surface area contributed by atoms with E-state index in [4.69, 9.17) is 6.58 Å². The zero-order chi connectivity index (χ0) is 43.4. The predicted octanol–water partition coefficient (Wildman–Crippen LogP) is 15.3. The number of hydrogen-bond donors (Lipinski definition) is 0. The van der Waals surface area contributed by atoms with Gasteiger partial charge in [0.25, 0.3) is 0 Å². The third-order valence-electron chi connectivity index (χ3n) is 12.1. The van der Waals surface area contributed by atoms with E-state index in [2.05, 4.69) is 197 Å². The molecule has 0 N–H and O–H groups in total. The van der Waals surface area contributed by atoms with Crippen molar-refractivity contribution in [2.24, 2.45) is 0 Å². The second-order valence-corrected chi connectivity index (χ2v) is 63.6. The molecule has 55 heavy (non-hydrogen) atoms. The average Bonchev–Trinajstić information content (AvgIpc) is 2.90. The van der Waals surface area contributed by atoms with E-state index in [1.165, 1.54) is 16.7 Å². The van der Waals surface area contributed by atoms with Gasteiger partial charge in [-0.1, -0.05) is 0 Å². The molecule has 0 heterocycles. The molecule has 0 bridgehead atoms. The maximum absolute atomic E-state index is 4.88. The Morgan fingerprint density at radius 3 is 0.945 bits per heavy atom. The van der Waals surface area contributed by atoms with Crippen LogP contribution in [0.25, 0.3) is 0 Å². The Bertz CT molecular complexity index is 1550. The number of allylic oxidation sites excluding steroid dienone is 2. The first-order valence-corrected chi connectivity index (χ1v) is 46.9. The molecule has 0 unspecified atom stereocenters. The van der Waals surface area contributed by atoms with Gasteiger partial charge in [-0.2, -0.15) is 0 Å². The summed E-state index contributed by atoms with van der Waals surface area (Å²) in [5.41, 5.74) is 12.7. The molecule has 0 atom stereocenters. The summed E-state index contributed by atoms with van der Waals surface area (Å²) in [5, 5.41) is 3.19. The second kappa shape index (κ2) is 17.8. The van der Waals surface area contributed by atoms with Crippen LogP contribution in [0.4, 0.5) is 0 Å². The van der Waals surface area contributed by atoms with Crippen molar-refractivity contribution in [1.29, 1.82) is 0 Å². The van der Waals surface area contributed by atoms with Crippen molar-refractivity contribution in [3.05, 3.63) is 82.0 Å². The normalized spacial score (nSPS) is 14.2. The van der Waals surface area contributed by atoms with E-state index in [-0.39, 0.29) is 0 Å². The van der Waals surface area contributed by atoms with Crippen LogP contribution in [0.3, 0.4) is 0 Å². The molecule has 0 aliphatic carbocycles. The Balaban J connectivity index is 3.79. The van der Waals surface area contributed by atoms with Crippen LogP contribution in [0, 0.1) is 0 Å². The van der Waals surface area contributed by atoms with Crippen LogP contribution in [0.15, 0.2) is 48.6 Å². The summed E-state index contributed by atoms with van der Waals surface area (Å²) in [6.07, 6.45) is 0. The first-order chi connectivity index (χ1) is 24.3. The van der Waals surface area contributed by atoms with Crippen molar-refractivity contribution in [2.75, 3.05) is 0 Å². The third kappa shape index (κ3) is 12.4. The Hall–Kier alpha value is -0.236. The molecule has 0 nitrogen and oxygen atoms in total. The van der Waals surface area contributed by atoms with E-state index >= 15 is 0 Å². The van der Waals surface area contributed by atoms with Crippen molar-refractivity contribution < 1.29 is 0 Å². The maximum atomic E-state index is 4.88. The summed E-state index contributed by atoms with van der Waals surface area (Å²) in [6, 6.07) is 11.2. The zero-order valence-corrected chi connectivity index (χ0v) is 49.5. The Morgan fingerprint density at radius 1 is 0.436 bits per heavy atom. The fraction of sp³-hybridized carbons (Fsp3) is 0.667. The van der Waals surface area contributed by atoms with E-state index < -0.39 is 62.8 Å². The van der Waals surface area contributed by atoms with Crippen LogP contribution in [0.5, 0.6) is 0 Å². The number of hydrogen-bond acceptors (Lipinski definition) is 0. The van der Waals surface area contributed by atoms with Crippen molar-refractivity contribution >= 4 is 71.6 Å². The molecule has 2 rings (SSSR count). The Labute approximate surface area is 355 Å². The van der Waals surface area contributed by atoms with Crippen molar-refractivity contribution in [1.82, 2.24) is 0 Å². The molecule has 0 saturated heterocycles. The average molecular weight is 909 g/mol. The molecule has 0 saturated carbocycles.